The highest BCUT2D eigenvalue weighted by Gasteiger charge is 2.43. The summed E-state index contributed by atoms with van der Waals surface area (Å²) in [5.41, 5.74) is 1.31. The van der Waals surface area contributed by atoms with Crippen LogP contribution in [0.25, 0.3) is 0 Å². The molecule has 27 heavy (non-hydrogen) atoms. The lowest BCUT2D eigenvalue weighted by Gasteiger charge is -2.45. The number of carbonyl (C=O) groups excluding carboxylic acids is 1. The number of aromatic nitrogens is 2. The molecule has 0 atom stereocenters. The molecule has 144 valence electrons. The van der Waals surface area contributed by atoms with Gasteiger partial charge in [-0.05, 0) is 26.0 Å². The Kier molecular flexibility index (Phi) is 4.23. The number of amides is 1. The maximum Gasteiger partial charge on any atom is 0.257 e. The summed E-state index contributed by atoms with van der Waals surface area (Å²) in [6.07, 6.45) is 2.60. The third kappa shape index (κ3) is 3.00. The molecule has 4 rings (SSSR count). The number of sulfonamides is 1. The van der Waals surface area contributed by atoms with Gasteiger partial charge in [0.25, 0.3) is 5.91 Å². The highest BCUT2D eigenvalue weighted by atomic mass is 32.2. The van der Waals surface area contributed by atoms with Gasteiger partial charge in [0.2, 0.25) is 10.0 Å². The summed E-state index contributed by atoms with van der Waals surface area (Å²) >= 11 is 0. The average molecular weight is 389 g/mol. The van der Waals surface area contributed by atoms with Gasteiger partial charge in [0, 0.05) is 38.2 Å². The Balaban J connectivity index is 1.52. The average Bonchev–Trinajstić information content (AvgIpc) is 3.02. The number of likely N-dealkylation sites (tertiary alicyclic amines) is 1. The fourth-order valence-electron chi connectivity index (χ4n) is 3.86. The van der Waals surface area contributed by atoms with E-state index in [0.717, 1.165) is 5.69 Å². The number of nitrogens with zero attached hydrogens (tertiary/aromatic N) is 3. The van der Waals surface area contributed by atoms with Crippen LogP contribution in [0.2, 0.25) is 0 Å². The predicted octanol–water partition coefficient (Wildman–Crippen LogP) is 1.55. The lowest BCUT2D eigenvalue weighted by molar-refractivity contribution is 0.0675. The van der Waals surface area contributed by atoms with Crippen molar-refractivity contribution in [3.8, 4) is 0 Å². The zero-order chi connectivity index (χ0) is 19.2. The Labute approximate surface area is 158 Å². The van der Waals surface area contributed by atoms with Crippen molar-refractivity contribution in [3.05, 3.63) is 41.7 Å². The third-order valence-electron chi connectivity index (χ3n) is 5.42. The van der Waals surface area contributed by atoms with E-state index in [4.69, 9.17) is 0 Å². The molecule has 1 aromatic carbocycles. The molecule has 2 N–H and O–H groups in total. The van der Waals surface area contributed by atoms with Crippen molar-refractivity contribution in [1.82, 2.24) is 19.4 Å². The minimum Gasteiger partial charge on any atom is -0.365 e. The Bertz CT molecular complexity index is 990. The van der Waals surface area contributed by atoms with Crippen LogP contribution in [0.15, 0.2) is 35.4 Å². The van der Waals surface area contributed by atoms with Crippen LogP contribution >= 0.6 is 0 Å². The number of hydrogen-bond acceptors (Lipinski definition) is 5. The molecule has 0 saturated carbocycles. The fraction of sp³-hybridized carbons (Fsp3) is 0.444. The van der Waals surface area contributed by atoms with E-state index in [1.165, 1.54) is 0 Å². The van der Waals surface area contributed by atoms with Crippen LogP contribution in [0.5, 0.6) is 0 Å². The molecule has 0 bridgehead atoms. The number of piperidine rings is 1. The minimum atomic E-state index is -3.58. The molecule has 2 aromatic rings. The van der Waals surface area contributed by atoms with Gasteiger partial charge in [-0.1, -0.05) is 12.1 Å². The Hall–Kier alpha value is -2.39. The second kappa shape index (κ2) is 6.35. The molecule has 1 amide bonds. The summed E-state index contributed by atoms with van der Waals surface area (Å²) in [5, 5.41) is 7.59. The molecule has 1 fully saturated rings. The van der Waals surface area contributed by atoms with Gasteiger partial charge >= 0.3 is 0 Å². The van der Waals surface area contributed by atoms with E-state index >= 15 is 0 Å². The Morgan fingerprint density at radius 2 is 1.96 bits per heavy atom. The summed E-state index contributed by atoms with van der Waals surface area (Å²) in [6, 6.07) is 6.88. The lowest BCUT2D eigenvalue weighted by atomic mass is 9.96. The molecule has 0 radical (unpaired) electrons. The van der Waals surface area contributed by atoms with E-state index in [1.807, 2.05) is 19.9 Å². The van der Waals surface area contributed by atoms with E-state index in [-0.39, 0.29) is 10.8 Å². The van der Waals surface area contributed by atoms with E-state index in [1.54, 1.807) is 34.0 Å². The van der Waals surface area contributed by atoms with Crippen molar-refractivity contribution in [2.45, 2.75) is 43.8 Å². The predicted molar refractivity (Wildman–Crippen MR) is 101 cm³/mol. The SMILES string of the molecule is CCn1ncc(C(=O)N2CCC3(CC2)Nc2ccccc2S(=O)(=O)N3)c1C. The Morgan fingerprint density at radius 1 is 1.26 bits per heavy atom. The molecular formula is C18H23N5O3S. The van der Waals surface area contributed by atoms with Gasteiger partial charge in [-0.3, -0.25) is 9.48 Å². The first kappa shape index (κ1) is 18.0. The molecule has 9 heteroatoms. The molecule has 8 nitrogen and oxygen atoms in total. The monoisotopic (exact) mass is 389 g/mol. The number of para-hydroxylation sites is 1. The molecule has 3 heterocycles. The van der Waals surface area contributed by atoms with Crippen molar-refractivity contribution in [3.63, 3.8) is 0 Å². The van der Waals surface area contributed by atoms with Gasteiger partial charge in [-0.25, -0.2) is 8.42 Å². The highest BCUT2D eigenvalue weighted by molar-refractivity contribution is 7.89. The smallest absolute Gasteiger partial charge is 0.257 e. The van der Waals surface area contributed by atoms with Crippen molar-refractivity contribution in [2.24, 2.45) is 0 Å². The number of hydrogen-bond donors (Lipinski definition) is 2. The number of anilines is 1. The number of fused-ring (bicyclic) bond motifs is 1. The first-order valence-electron chi connectivity index (χ1n) is 9.08. The standard InChI is InChI=1S/C18H23N5O3S/c1-3-23-13(2)14(12-19-23)17(24)22-10-8-18(9-11-22)20-15-6-4-5-7-16(15)27(25,26)21-18/h4-7,12,20-21H,3,8-11H2,1-2H3. The van der Waals surface area contributed by atoms with Crippen LogP contribution in [0.3, 0.4) is 0 Å². The quantitative estimate of drug-likeness (QED) is 0.812. The molecule has 2 aliphatic heterocycles. The summed E-state index contributed by atoms with van der Waals surface area (Å²) in [6.45, 7) is 5.52. The van der Waals surface area contributed by atoms with Crippen LogP contribution in [0.4, 0.5) is 5.69 Å². The number of nitrogens with one attached hydrogen (secondary N) is 2. The maximum absolute atomic E-state index is 12.9. The zero-order valence-electron chi connectivity index (χ0n) is 15.4. The van der Waals surface area contributed by atoms with Gasteiger partial charge in [0.15, 0.2) is 0 Å². The number of carbonyl (C=O) groups is 1. The van der Waals surface area contributed by atoms with Crippen LogP contribution < -0.4 is 10.0 Å². The largest absolute Gasteiger partial charge is 0.365 e. The van der Waals surface area contributed by atoms with Crippen molar-refractivity contribution >= 4 is 21.6 Å². The van der Waals surface area contributed by atoms with Crippen LogP contribution in [0, 0.1) is 6.92 Å². The molecule has 1 aromatic heterocycles. The first-order chi connectivity index (χ1) is 12.9. The molecule has 2 aliphatic rings. The summed E-state index contributed by atoms with van der Waals surface area (Å²) in [4.78, 5) is 14.9. The van der Waals surface area contributed by atoms with Gasteiger partial charge < -0.3 is 10.2 Å². The molecular weight excluding hydrogens is 366 g/mol. The molecule has 0 aliphatic carbocycles. The van der Waals surface area contributed by atoms with E-state index in [9.17, 15) is 13.2 Å². The fourth-order valence-corrected chi connectivity index (χ4v) is 5.41. The number of aryl methyl sites for hydroxylation is 1. The minimum absolute atomic E-state index is 0.0545. The number of benzene rings is 1. The normalized spacial score (nSPS) is 20.1. The van der Waals surface area contributed by atoms with Crippen LogP contribution in [0.1, 0.15) is 35.8 Å². The van der Waals surface area contributed by atoms with Crippen molar-refractivity contribution < 1.29 is 13.2 Å². The van der Waals surface area contributed by atoms with Gasteiger partial charge in [-0.2, -0.15) is 9.82 Å². The van der Waals surface area contributed by atoms with Crippen molar-refractivity contribution in [1.29, 1.82) is 0 Å². The summed E-state index contributed by atoms with van der Waals surface area (Å²) in [7, 11) is -3.58. The third-order valence-corrected chi connectivity index (χ3v) is 7.01. The van der Waals surface area contributed by atoms with E-state index in [2.05, 4.69) is 15.1 Å². The van der Waals surface area contributed by atoms with Gasteiger partial charge in [0.1, 0.15) is 10.6 Å². The second-order valence-corrected chi connectivity index (χ2v) is 8.71. The van der Waals surface area contributed by atoms with E-state index in [0.29, 0.717) is 43.7 Å². The highest BCUT2D eigenvalue weighted by Crippen LogP contribution is 2.35. The lowest BCUT2D eigenvalue weighted by Crippen LogP contribution is -2.62. The van der Waals surface area contributed by atoms with Crippen LogP contribution in [-0.2, 0) is 16.6 Å². The van der Waals surface area contributed by atoms with Gasteiger partial charge in [-0.15, -0.1) is 0 Å². The second-order valence-electron chi connectivity index (χ2n) is 7.06. The molecule has 1 saturated heterocycles. The van der Waals surface area contributed by atoms with Crippen LogP contribution in [-0.4, -0.2) is 47.8 Å². The topological polar surface area (TPSA) is 96.3 Å². The molecule has 0 unspecified atom stereocenters. The summed E-state index contributed by atoms with van der Waals surface area (Å²) in [5.74, 6) is -0.0545. The maximum atomic E-state index is 12.9. The summed E-state index contributed by atoms with van der Waals surface area (Å²) < 4.78 is 29.8. The van der Waals surface area contributed by atoms with Crippen molar-refractivity contribution in [2.75, 3.05) is 18.4 Å². The van der Waals surface area contributed by atoms with E-state index < -0.39 is 15.7 Å². The molecule has 1 spiro atoms. The zero-order valence-corrected chi connectivity index (χ0v) is 16.2. The Morgan fingerprint density at radius 3 is 2.63 bits per heavy atom. The first-order valence-corrected chi connectivity index (χ1v) is 10.6. The number of rotatable bonds is 2. The van der Waals surface area contributed by atoms with Gasteiger partial charge in [0.05, 0.1) is 17.4 Å².